The highest BCUT2D eigenvalue weighted by Gasteiger charge is 2.09. The summed E-state index contributed by atoms with van der Waals surface area (Å²) in [7, 11) is 4.06. The number of hydrogen-bond donors (Lipinski definition) is 1. The first-order valence-electron chi connectivity index (χ1n) is 9.34. The van der Waals surface area contributed by atoms with Crippen molar-refractivity contribution in [2.75, 3.05) is 32.9 Å². The van der Waals surface area contributed by atoms with Gasteiger partial charge in [0.15, 0.2) is 0 Å². The van der Waals surface area contributed by atoms with Gasteiger partial charge in [-0.3, -0.25) is 0 Å². The zero-order chi connectivity index (χ0) is 19.2. The number of nitriles is 1. The standard InChI is InChI=1S/C19H33N5OS/c1-4-5-6-7-8-11-24(19(21)22-16-20)12-13-26-15-18-10-9-17(25-18)14-23(2)3/h9-10H,4-8,11-15H2,1-3H3,(H2,21,22). The molecule has 0 aliphatic rings. The zero-order valence-corrected chi connectivity index (χ0v) is 17.2. The summed E-state index contributed by atoms with van der Waals surface area (Å²) in [5.74, 6) is 4.07. The molecule has 0 radical (unpaired) electrons. The molecule has 0 amide bonds. The number of thioether (sulfide) groups is 1. The Kier molecular flexibility index (Phi) is 11.7. The zero-order valence-electron chi connectivity index (χ0n) is 16.4. The lowest BCUT2D eigenvalue weighted by Crippen LogP contribution is -2.39. The molecule has 0 aromatic carbocycles. The molecule has 7 heteroatoms. The van der Waals surface area contributed by atoms with Crippen molar-refractivity contribution in [3.05, 3.63) is 23.7 Å². The second-order valence-electron chi connectivity index (χ2n) is 6.63. The number of rotatable bonds is 13. The topological polar surface area (TPSA) is 81.8 Å². The molecule has 1 heterocycles. The molecule has 0 atom stereocenters. The quantitative estimate of drug-likeness (QED) is 0.244. The van der Waals surface area contributed by atoms with Gasteiger partial charge in [0.25, 0.3) is 0 Å². The third-order valence-corrected chi connectivity index (χ3v) is 4.92. The maximum absolute atomic E-state index is 8.75. The molecule has 146 valence electrons. The molecule has 0 aliphatic carbocycles. The van der Waals surface area contributed by atoms with E-state index in [4.69, 9.17) is 15.4 Å². The van der Waals surface area contributed by atoms with Crippen LogP contribution in [0.1, 0.15) is 50.5 Å². The van der Waals surface area contributed by atoms with Crippen LogP contribution in [0, 0.1) is 11.5 Å². The molecule has 1 aromatic rings. The van der Waals surface area contributed by atoms with Crippen molar-refractivity contribution in [1.82, 2.24) is 9.80 Å². The van der Waals surface area contributed by atoms with E-state index in [9.17, 15) is 0 Å². The van der Waals surface area contributed by atoms with Gasteiger partial charge in [-0.05, 0) is 32.6 Å². The lowest BCUT2D eigenvalue weighted by atomic mass is 10.1. The number of hydrogen-bond acceptors (Lipinski definition) is 5. The van der Waals surface area contributed by atoms with Gasteiger partial charge < -0.3 is 20.0 Å². The first kappa shape index (κ1) is 22.4. The summed E-state index contributed by atoms with van der Waals surface area (Å²) in [6, 6.07) is 4.08. The molecular formula is C19H33N5OS. The molecule has 1 rings (SSSR count). The Morgan fingerprint density at radius 3 is 2.62 bits per heavy atom. The molecule has 0 saturated heterocycles. The second-order valence-corrected chi connectivity index (χ2v) is 7.73. The van der Waals surface area contributed by atoms with Crippen LogP contribution in [0.15, 0.2) is 21.5 Å². The van der Waals surface area contributed by atoms with Crippen LogP contribution in [0.3, 0.4) is 0 Å². The van der Waals surface area contributed by atoms with E-state index >= 15 is 0 Å². The third-order valence-electron chi connectivity index (χ3n) is 3.96. The van der Waals surface area contributed by atoms with Gasteiger partial charge in [0.1, 0.15) is 11.5 Å². The average Bonchev–Trinajstić information content (AvgIpc) is 3.03. The molecule has 2 N–H and O–H groups in total. The smallest absolute Gasteiger partial charge is 0.209 e. The summed E-state index contributed by atoms with van der Waals surface area (Å²) >= 11 is 1.81. The van der Waals surface area contributed by atoms with E-state index in [1.807, 2.05) is 42.9 Å². The highest BCUT2D eigenvalue weighted by atomic mass is 32.2. The van der Waals surface area contributed by atoms with Crippen molar-refractivity contribution in [2.24, 2.45) is 10.7 Å². The lowest BCUT2D eigenvalue weighted by Gasteiger charge is -2.22. The normalized spacial score (nSPS) is 11.7. The van der Waals surface area contributed by atoms with Gasteiger partial charge in [0.05, 0.1) is 12.3 Å². The summed E-state index contributed by atoms with van der Waals surface area (Å²) in [6.45, 7) is 4.68. The monoisotopic (exact) mass is 379 g/mol. The third kappa shape index (κ3) is 9.73. The van der Waals surface area contributed by atoms with Gasteiger partial charge in [-0.2, -0.15) is 17.0 Å². The highest BCUT2D eigenvalue weighted by molar-refractivity contribution is 7.98. The van der Waals surface area contributed by atoms with Crippen LogP contribution in [0.4, 0.5) is 0 Å². The molecule has 0 aliphatic heterocycles. The summed E-state index contributed by atoms with van der Waals surface area (Å²) in [6.07, 6.45) is 7.83. The van der Waals surface area contributed by atoms with E-state index in [1.54, 1.807) is 6.19 Å². The molecular weight excluding hydrogens is 346 g/mol. The van der Waals surface area contributed by atoms with Gasteiger partial charge in [-0.1, -0.05) is 32.6 Å². The molecule has 26 heavy (non-hydrogen) atoms. The van der Waals surface area contributed by atoms with Crippen molar-refractivity contribution in [3.8, 4) is 6.19 Å². The molecule has 0 fully saturated rings. The summed E-state index contributed by atoms with van der Waals surface area (Å²) in [4.78, 5) is 7.81. The average molecular weight is 380 g/mol. The van der Waals surface area contributed by atoms with Crippen molar-refractivity contribution in [2.45, 2.75) is 51.3 Å². The minimum Gasteiger partial charge on any atom is -0.464 e. The Morgan fingerprint density at radius 1 is 1.19 bits per heavy atom. The summed E-state index contributed by atoms with van der Waals surface area (Å²) in [5.41, 5.74) is 5.93. The maximum Gasteiger partial charge on any atom is 0.209 e. The van der Waals surface area contributed by atoms with Gasteiger partial charge in [-0.15, -0.1) is 4.99 Å². The minimum absolute atomic E-state index is 0.329. The van der Waals surface area contributed by atoms with E-state index in [-0.39, 0.29) is 0 Å². The Labute approximate surface area is 162 Å². The number of aliphatic imine (C=N–C) groups is 1. The fraction of sp³-hybridized carbons (Fsp3) is 0.684. The summed E-state index contributed by atoms with van der Waals surface area (Å²) < 4.78 is 5.82. The van der Waals surface area contributed by atoms with E-state index in [0.29, 0.717) is 5.96 Å². The predicted octanol–water partition coefficient (Wildman–Crippen LogP) is 3.64. The van der Waals surface area contributed by atoms with Crippen LogP contribution in [0.25, 0.3) is 0 Å². The molecule has 6 nitrogen and oxygen atoms in total. The summed E-state index contributed by atoms with van der Waals surface area (Å²) in [5, 5.41) is 8.75. The Morgan fingerprint density at radius 2 is 1.92 bits per heavy atom. The van der Waals surface area contributed by atoms with Crippen molar-refractivity contribution in [3.63, 3.8) is 0 Å². The molecule has 0 unspecified atom stereocenters. The largest absolute Gasteiger partial charge is 0.464 e. The lowest BCUT2D eigenvalue weighted by molar-refractivity contribution is 0.344. The molecule has 1 aromatic heterocycles. The van der Waals surface area contributed by atoms with Crippen molar-refractivity contribution < 1.29 is 4.42 Å². The van der Waals surface area contributed by atoms with Crippen LogP contribution >= 0.6 is 11.8 Å². The predicted molar refractivity (Wildman–Crippen MR) is 110 cm³/mol. The van der Waals surface area contributed by atoms with E-state index in [0.717, 1.165) is 49.1 Å². The van der Waals surface area contributed by atoms with Crippen molar-refractivity contribution >= 4 is 17.7 Å². The van der Waals surface area contributed by atoms with Crippen molar-refractivity contribution in [1.29, 1.82) is 5.26 Å². The molecule has 0 saturated carbocycles. The number of nitrogens with zero attached hydrogens (tertiary/aromatic N) is 4. The maximum atomic E-state index is 8.75. The second kappa shape index (κ2) is 13.5. The van der Waals surface area contributed by atoms with Gasteiger partial charge in [-0.25, -0.2) is 0 Å². The van der Waals surface area contributed by atoms with Crippen LogP contribution < -0.4 is 5.73 Å². The minimum atomic E-state index is 0.329. The molecule has 0 bridgehead atoms. The highest BCUT2D eigenvalue weighted by Crippen LogP contribution is 2.16. The SMILES string of the molecule is CCCCCCCN(CCSCc1ccc(CN(C)C)o1)C(N)=NC#N. The fourth-order valence-corrected chi connectivity index (χ4v) is 3.46. The van der Waals surface area contributed by atoms with E-state index in [1.165, 1.54) is 25.7 Å². The van der Waals surface area contributed by atoms with Crippen LogP contribution in [0.5, 0.6) is 0 Å². The van der Waals surface area contributed by atoms with Gasteiger partial charge in [0.2, 0.25) is 12.2 Å². The molecule has 0 spiro atoms. The number of nitrogens with two attached hydrogens (primary N) is 1. The van der Waals surface area contributed by atoms with Crippen LogP contribution in [0.2, 0.25) is 0 Å². The van der Waals surface area contributed by atoms with Crippen LogP contribution in [-0.2, 0) is 12.3 Å². The Balaban J connectivity index is 2.34. The fourth-order valence-electron chi connectivity index (χ4n) is 2.61. The number of guanidine groups is 1. The first-order chi connectivity index (χ1) is 12.6. The number of unbranched alkanes of at least 4 members (excludes halogenated alkanes) is 4. The van der Waals surface area contributed by atoms with Crippen LogP contribution in [-0.4, -0.2) is 48.7 Å². The Hall–Kier alpha value is -1.65. The van der Waals surface area contributed by atoms with Gasteiger partial charge >= 0.3 is 0 Å². The Bertz CT molecular complexity index is 565. The van der Waals surface area contributed by atoms with Gasteiger partial charge in [0, 0.05) is 18.8 Å². The number of furan rings is 1. The van der Waals surface area contributed by atoms with E-state index in [2.05, 4.69) is 16.8 Å². The first-order valence-corrected chi connectivity index (χ1v) is 10.5. The van der Waals surface area contributed by atoms with E-state index < -0.39 is 0 Å².